The number of rotatable bonds is 1. The fourth-order valence-corrected chi connectivity index (χ4v) is 2.14. The fraction of sp³-hybridized carbons (Fsp3) is 0.462. The quantitative estimate of drug-likeness (QED) is 0.807. The van der Waals surface area contributed by atoms with Gasteiger partial charge in [0.25, 0.3) is 5.91 Å². The number of piperidine rings is 1. The maximum absolute atomic E-state index is 13.6. The van der Waals surface area contributed by atoms with E-state index < -0.39 is 29.0 Å². The van der Waals surface area contributed by atoms with E-state index in [1.807, 2.05) is 0 Å². The van der Waals surface area contributed by atoms with Crippen LogP contribution in [0.2, 0.25) is 0 Å². The number of halogens is 5. The van der Waals surface area contributed by atoms with Gasteiger partial charge in [0, 0.05) is 19.1 Å². The van der Waals surface area contributed by atoms with Crippen LogP contribution in [0.5, 0.6) is 0 Å². The summed E-state index contributed by atoms with van der Waals surface area (Å²) in [6.07, 6.45) is -3.48. The fourth-order valence-electron chi connectivity index (χ4n) is 2.14. The van der Waals surface area contributed by atoms with E-state index >= 15 is 0 Å². The monoisotopic (exact) mass is 326 g/mol. The number of amides is 1. The van der Waals surface area contributed by atoms with Crippen LogP contribution >= 0.6 is 12.4 Å². The lowest BCUT2D eigenvalue weighted by molar-refractivity contribution is -0.137. The van der Waals surface area contributed by atoms with Gasteiger partial charge in [-0.1, -0.05) is 0 Å². The summed E-state index contributed by atoms with van der Waals surface area (Å²) in [5.74, 6) is -1.67. The van der Waals surface area contributed by atoms with Gasteiger partial charge in [0.1, 0.15) is 5.82 Å². The number of likely N-dealkylation sites (tertiary alicyclic amines) is 1. The number of alkyl halides is 3. The van der Waals surface area contributed by atoms with Crippen LogP contribution in [-0.4, -0.2) is 29.9 Å². The summed E-state index contributed by atoms with van der Waals surface area (Å²) >= 11 is 0. The van der Waals surface area contributed by atoms with Gasteiger partial charge in [-0.2, -0.15) is 13.2 Å². The molecule has 1 saturated heterocycles. The Morgan fingerprint density at radius 2 is 1.81 bits per heavy atom. The van der Waals surface area contributed by atoms with E-state index in [2.05, 4.69) is 0 Å². The molecule has 0 aliphatic carbocycles. The van der Waals surface area contributed by atoms with Crippen molar-refractivity contribution in [3.8, 4) is 0 Å². The van der Waals surface area contributed by atoms with Gasteiger partial charge in [0.2, 0.25) is 0 Å². The molecule has 1 aromatic rings. The Morgan fingerprint density at radius 1 is 1.24 bits per heavy atom. The molecule has 3 nitrogen and oxygen atoms in total. The van der Waals surface area contributed by atoms with Crippen LogP contribution in [0.3, 0.4) is 0 Å². The smallest absolute Gasteiger partial charge is 0.338 e. The topological polar surface area (TPSA) is 46.3 Å². The van der Waals surface area contributed by atoms with Crippen LogP contribution in [-0.2, 0) is 6.18 Å². The van der Waals surface area contributed by atoms with E-state index in [4.69, 9.17) is 5.73 Å². The van der Waals surface area contributed by atoms with Gasteiger partial charge < -0.3 is 10.6 Å². The lowest BCUT2D eigenvalue weighted by Crippen LogP contribution is -2.43. The number of nitrogens with two attached hydrogens (primary N) is 1. The van der Waals surface area contributed by atoms with Crippen molar-refractivity contribution in [2.45, 2.75) is 25.1 Å². The molecular weight excluding hydrogens is 312 g/mol. The highest BCUT2D eigenvalue weighted by Gasteiger charge is 2.33. The van der Waals surface area contributed by atoms with Gasteiger partial charge >= 0.3 is 6.18 Å². The van der Waals surface area contributed by atoms with E-state index in [1.54, 1.807) is 0 Å². The highest BCUT2D eigenvalue weighted by molar-refractivity contribution is 5.94. The Morgan fingerprint density at radius 3 is 2.33 bits per heavy atom. The molecule has 0 radical (unpaired) electrons. The molecule has 2 rings (SSSR count). The SMILES string of the molecule is Cl.NC1CCN(C(=O)c2cc(C(F)(F)F)ccc2F)CC1. The van der Waals surface area contributed by atoms with Crippen molar-refractivity contribution >= 4 is 18.3 Å². The summed E-state index contributed by atoms with van der Waals surface area (Å²) in [7, 11) is 0. The van der Waals surface area contributed by atoms with Crippen LogP contribution in [0.15, 0.2) is 18.2 Å². The first kappa shape index (κ1) is 17.7. The minimum Gasteiger partial charge on any atom is -0.338 e. The van der Waals surface area contributed by atoms with Gasteiger partial charge in [-0.15, -0.1) is 12.4 Å². The molecule has 1 aliphatic rings. The van der Waals surface area contributed by atoms with E-state index in [1.165, 1.54) is 4.90 Å². The second-order valence-corrected chi connectivity index (χ2v) is 4.82. The van der Waals surface area contributed by atoms with Crippen molar-refractivity contribution < 1.29 is 22.4 Å². The third kappa shape index (κ3) is 4.07. The molecule has 118 valence electrons. The molecule has 1 fully saturated rings. The van der Waals surface area contributed by atoms with Crippen molar-refractivity contribution in [3.05, 3.63) is 35.1 Å². The standard InChI is InChI=1S/C13H14F4N2O.ClH/c14-11-2-1-8(13(15,16)17)7-10(11)12(20)19-5-3-9(18)4-6-19;/h1-2,7,9H,3-6,18H2;1H. The minimum absolute atomic E-state index is 0. The number of benzene rings is 1. The highest BCUT2D eigenvalue weighted by atomic mass is 35.5. The number of carbonyl (C=O) groups is 1. The third-order valence-electron chi connectivity index (χ3n) is 3.35. The summed E-state index contributed by atoms with van der Waals surface area (Å²) in [5.41, 5.74) is 4.11. The van der Waals surface area contributed by atoms with E-state index in [0.29, 0.717) is 44.1 Å². The molecule has 0 atom stereocenters. The van der Waals surface area contributed by atoms with Crippen molar-refractivity contribution in [3.63, 3.8) is 0 Å². The molecule has 0 aromatic heterocycles. The zero-order valence-corrected chi connectivity index (χ0v) is 11.8. The number of nitrogens with zero attached hydrogens (tertiary/aromatic N) is 1. The Balaban J connectivity index is 0.00000220. The Hall–Kier alpha value is -1.34. The molecule has 1 aliphatic heterocycles. The molecule has 0 spiro atoms. The molecule has 21 heavy (non-hydrogen) atoms. The lowest BCUT2D eigenvalue weighted by Gasteiger charge is -2.30. The van der Waals surface area contributed by atoms with Gasteiger partial charge in [0.05, 0.1) is 11.1 Å². The van der Waals surface area contributed by atoms with E-state index in [0.717, 1.165) is 0 Å². The molecule has 0 bridgehead atoms. The molecule has 0 unspecified atom stereocenters. The Labute approximate surface area is 125 Å². The van der Waals surface area contributed by atoms with Gasteiger partial charge in [-0.25, -0.2) is 4.39 Å². The van der Waals surface area contributed by atoms with Crippen molar-refractivity contribution in [1.82, 2.24) is 4.90 Å². The van der Waals surface area contributed by atoms with Crippen molar-refractivity contribution in [1.29, 1.82) is 0 Å². The maximum atomic E-state index is 13.6. The summed E-state index contributed by atoms with van der Waals surface area (Å²) < 4.78 is 51.4. The first-order chi connectivity index (χ1) is 9.29. The first-order valence-corrected chi connectivity index (χ1v) is 6.20. The summed E-state index contributed by atoms with van der Waals surface area (Å²) in [5, 5.41) is 0. The van der Waals surface area contributed by atoms with Gasteiger partial charge in [0.15, 0.2) is 0 Å². The normalized spacial score (nSPS) is 16.5. The molecule has 1 heterocycles. The van der Waals surface area contributed by atoms with Gasteiger partial charge in [-0.3, -0.25) is 4.79 Å². The summed E-state index contributed by atoms with van der Waals surface area (Å²) in [6.45, 7) is 0.658. The minimum atomic E-state index is -4.60. The highest BCUT2D eigenvalue weighted by Crippen LogP contribution is 2.30. The summed E-state index contributed by atoms with van der Waals surface area (Å²) in [4.78, 5) is 13.4. The number of hydrogen-bond donors (Lipinski definition) is 1. The second kappa shape index (κ2) is 6.62. The van der Waals surface area contributed by atoms with Crippen molar-refractivity contribution in [2.75, 3.05) is 13.1 Å². The zero-order chi connectivity index (χ0) is 14.9. The van der Waals surface area contributed by atoms with E-state index in [-0.39, 0.29) is 18.4 Å². The Bertz CT molecular complexity index is 513. The number of carbonyl (C=O) groups excluding carboxylic acids is 1. The third-order valence-corrected chi connectivity index (χ3v) is 3.35. The molecule has 0 saturated carbocycles. The molecule has 8 heteroatoms. The average Bonchev–Trinajstić information content (AvgIpc) is 2.38. The predicted molar refractivity (Wildman–Crippen MR) is 71.8 cm³/mol. The van der Waals surface area contributed by atoms with Crippen LogP contribution < -0.4 is 5.73 Å². The van der Waals surface area contributed by atoms with Crippen molar-refractivity contribution in [2.24, 2.45) is 5.73 Å². The van der Waals surface area contributed by atoms with Crippen LogP contribution in [0, 0.1) is 5.82 Å². The van der Waals surface area contributed by atoms with E-state index in [9.17, 15) is 22.4 Å². The molecular formula is C13H15ClF4N2O. The predicted octanol–water partition coefficient (Wildman–Crippen LogP) is 2.83. The second-order valence-electron chi connectivity index (χ2n) is 4.82. The molecule has 1 amide bonds. The van der Waals surface area contributed by atoms with Gasteiger partial charge in [-0.05, 0) is 31.0 Å². The van der Waals surface area contributed by atoms with Crippen LogP contribution in [0.25, 0.3) is 0 Å². The average molecular weight is 327 g/mol. The first-order valence-electron chi connectivity index (χ1n) is 6.20. The van der Waals surface area contributed by atoms with Crippen LogP contribution in [0.1, 0.15) is 28.8 Å². The maximum Gasteiger partial charge on any atom is 0.416 e. The molecule has 2 N–H and O–H groups in total. The lowest BCUT2D eigenvalue weighted by atomic mass is 10.0. The Kier molecular flexibility index (Phi) is 5.58. The number of hydrogen-bond acceptors (Lipinski definition) is 2. The zero-order valence-electron chi connectivity index (χ0n) is 11.0. The largest absolute Gasteiger partial charge is 0.416 e. The van der Waals surface area contributed by atoms with Crippen LogP contribution in [0.4, 0.5) is 17.6 Å². The molecule has 1 aromatic carbocycles. The summed E-state index contributed by atoms with van der Waals surface area (Å²) in [6, 6.07) is 1.83.